The maximum atomic E-state index is 5.05. The SMILES string of the molecule is CO/C(C)=C/c1ccc(C)cc1. The Morgan fingerprint density at radius 3 is 2.33 bits per heavy atom. The standard InChI is InChI=1S/C11H14O/c1-9-4-6-11(7-5-9)8-10(2)12-3/h4-8H,1-3H3/b10-8+. The van der Waals surface area contributed by atoms with Crippen LogP contribution in [0.2, 0.25) is 0 Å². The van der Waals surface area contributed by atoms with E-state index in [0.29, 0.717) is 0 Å². The smallest absolute Gasteiger partial charge is 0.0930 e. The summed E-state index contributed by atoms with van der Waals surface area (Å²) >= 11 is 0. The lowest BCUT2D eigenvalue weighted by atomic mass is 10.1. The minimum atomic E-state index is 0.929. The Morgan fingerprint density at radius 2 is 1.83 bits per heavy atom. The molecule has 64 valence electrons. The first-order valence-corrected chi connectivity index (χ1v) is 4.01. The van der Waals surface area contributed by atoms with Crippen molar-refractivity contribution in [1.29, 1.82) is 0 Å². The second-order valence-electron chi connectivity index (χ2n) is 2.87. The van der Waals surface area contributed by atoms with Gasteiger partial charge in [-0.15, -0.1) is 0 Å². The van der Waals surface area contributed by atoms with Crippen molar-refractivity contribution in [3.8, 4) is 0 Å². The van der Waals surface area contributed by atoms with Crippen LogP contribution in [0.4, 0.5) is 0 Å². The van der Waals surface area contributed by atoms with E-state index >= 15 is 0 Å². The minimum Gasteiger partial charge on any atom is -0.501 e. The van der Waals surface area contributed by atoms with Crippen molar-refractivity contribution in [2.24, 2.45) is 0 Å². The molecule has 0 aliphatic rings. The molecule has 1 heteroatoms. The molecule has 0 N–H and O–H groups in total. The number of ether oxygens (including phenoxy) is 1. The van der Waals surface area contributed by atoms with Crippen LogP contribution < -0.4 is 0 Å². The fraction of sp³-hybridized carbons (Fsp3) is 0.273. The van der Waals surface area contributed by atoms with Gasteiger partial charge in [0.15, 0.2) is 0 Å². The highest BCUT2D eigenvalue weighted by Crippen LogP contribution is 2.08. The molecular weight excluding hydrogens is 148 g/mol. The molecule has 0 aromatic heterocycles. The van der Waals surface area contributed by atoms with Crippen molar-refractivity contribution >= 4 is 6.08 Å². The van der Waals surface area contributed by atoms with Gasteiger partial charge in [0.25, 0.3) is 0 Å². The highest BCUT2D eigenvalue weighted by atomic mass is 16.5. The Labute approximate surface area is 73.7 Å². The summed E-state index contributed by atoms with van der Waals surface area (Å²) in [6.45, 7) is 4.02. The zero-order valence-corrected chi connectivity index (χ0v) is 7.79. The molecule has 1 aromatic rings. The molecule has 0 atom stereocenters. The summed E-state index contributed by atoms with van der Waals surface area (Å²) in [6, 6.07) is 8.35. The highest BCUT2D eigenvalue weighted by molar-refractivity contribution is 5.51. The van der Waals surface area contributed by atoms with E-state index in [0.717, 1.165) is 5.76 Å². The molecular formula is C11H14O. The number of allylic oxidation sites excluding steroid dienone is 1. The third-order valence-electron chi connectivity index (χ3n) is 1.77. The first-order valence-electron chi connectivity index (χ1n) is 4.01. The molecule has 0 fully saturated rings. The van der Waals surface area contributed by atoms with Crippen LogP contribution >= 0.6 is 0 Å². The molecule has 0 aliphatic heterocycles. The van der Waals surface area contributed by atoms with Crippen molar-refractivity contribution < 1.29 is 4.74 Å². The fourth-order valence-electron chi connectivity index (χ4n) is 0.956. The third-order valence-corrected chi connectivity index (χ3v) is 1.77. The second-order valence-corrected chi connectivity index (χ2v) is 2.87. The summed E-state index contributed by atoms with van der Waals surface area (Å²) in [6.07, 6.45) is 2.01. The van der Waals surface area contributed by atoms with E-state index in [1.807, 2.05) is 13.0 Å². The first-order chi connectivity index (χ1) is 5.72. The van der Waals surface area contributed by atoms with Crippen LogP contribution in [-0.4, -0.2) is 7.11 Å². The fourth-order valence-corrected chi connectivity index (χ4v) is 0.956. The van der Waals surface area contributed by atoms with Crippen LogP contribution in [0.3, 0.4) is 0 Å². The molecule has 0 radical (unpaired) electrons. The highest BCUT2D eigenvalue weighted by Gasteiger charge is 1.89. The number of hydrogen-bond donors (Lipinski definition) is 0. The monoisotopic (exact) mass is 162 g/mol. The summed E-state index contributed by atoms with van der Waals surface area (Å²) < 4.78 is 5.05. The van der Waals surface area contributed by atoms with E-state index in [1.165, 1.54) is 11.1 Å². The normalized spacial score (nSPS) is 11.4. The summed E-state index contributed by atoms with van der Waals surface area (Å²) in [5.74, 6) is 0.929. The van der Waals surface area contributed by atoms with Gasteiger partial charge in [0.1, 0.15) is 0 Å². The van der Waals surface area contributed by atoms with Crippen molar-refractivity contribution in [3.05, 3.63) is 41.2 Å². The first kappa shape index (κ1) is 8.85. The molecule has 1 aromatic carbocycles. The third kappa shape index (κ3) is 2.42. The second kappa shape index (κ2) is 3.96. The van der Waals surface area contributed by atoms with Gasteiger partial charge in [-0.05, 0) is 25.5 Å². The van der Waals surface area contributed by atoms with Crippen molar-refractivity contribution in [2.75, 3.05) is 7.11 Å². The lowest BCUT2D eigenvalue weighted by Gasteiger charge is -1.99. The topological polar surface area (TPSA) is 9.23 Å². The zero-order valence-electron chi connectivity index (χ0n) is 7.79. The van der Waals surface area contributed by atoms with Gasteiger partial charge in [-0.3, -0.25) is 0 Å². The van der Waals surface area contributed by atoms with Gasteiger partial charge in [-0.1, -0.05) is 29.8 Å². The van der Waals surface area contributed by atoms with Crippen LogP contribution in [0.1, 0.15) is 18.1 Å². The van der Waals surface area contributed by atoms with Gasteiger partial charge >= 0.3 is 0 Å². The average molecular weight is 162 g/mol. The Kier molecular flexibility index (Phi) is 2.92. The summed E-state index contributed by atoms with van der Waals surface area (Å²) in [5, 5.41) is 0. The maximum Gasteiger partial charge on any atom is 0.0930 e. The van der Waals surface area contributed by atoms with Gasteiger partial charge in [0.05, 0.1) is 12.9 Å². The lowest BCUT2D eigenvalue weighted by molar-refractivity contribution is 0.297. The largest absolute Gasteiger partial charge is 0.501 e. The lowest BCUT2D eigenvalue weighted by Crippen LogP contribution is -1.80. The number of rotatable bonds is 2. The van der Waals surface area contributed by atoms with E-state index in [1.54, 1.807) is 7.11 Å². The quantitative estimate of drug-likeness (QED) is 0.607. The number of aryl methyl sites for hydroxylation is 1. The molecule has 12 heavy (non-hydrogen) atoms. The Bertz CT molecular complexity index is 270. The molecule has 0 amide bonds. The maximum absolute atomic E-state index is 5.05. The van der Waals surface area contributed by atoms with E-state index in [2.05, 4.69) is 31.2 Å². The van der Waals surface area contributed by atoms with Crippen LogP contribution in [0.5, 0.6) is 0 Å². The predicted molar refractivity (Wildman–Crippen MR) is 51.8 cm³/mol. The molecule has 0 bridgehead atoms. The summed E-state index contributed by atoms with van der Waals surface area (Å²) in [5.41, 5.74) is 2.46. The Balaban J connectivity index is 2.84. The minimum absolute atomic E-state index is 0.929. The van der Waals surface area contributed by atoms with E-state index in [9.17, 15) is 0 Å². The molecule has 1 nitrogen and oxygen atoms in total. The van der Waals surface area contributed by atoms with Crippen LogP contribution in [0.15, 0.2) is 30.0 Å². The molecule has 0 aliphatic carbocycles. The van der Waals surface area contributed by atoms with Crippen molar-refractivity contribution in [2.45, 2.75) is 13.8 Å². The van der Waals surface area contributed by atoms with Crippen molar-refractivity contribution in [1.82, 2.24) is 0 Å². The molecule has 1 rings (SSSR count). The Hall–Kier alpha value is -1.24. The molecule has 0 saturated carbocycles. The Morgan fingerprint density at radius 1 is 1.25 bits per heavy atom. The molecule has 0 unspecified atom stereocenters. The van der Waals surface area contributed by atoms with Gasteiger partial charge in [0, 0.05) is 0 Å². The molecule has 0 heterocycles. The average Bonchev–Trinajstić information content (AvgIpc) is 2.09. The van der Waals surface area contributed by atoms with Crippen LogP contribution in [0.25, 0.3) is 6.08 Å². The zero-order chi connectivity index (χ0) is 8.97. The van der Waals surface area contributed by atoms with E-state index < -0.39 is 0 Å². The predicted octanol–water partition coefficient (Wildman–Crippen LogP) is 3.00. The van der Waals surface area contributed by atoms with Gasteiger partial charge in [-0.25, -0.2) is 0 Å². The van der Waals surface area contributed by atoms with Crippen molar-refractivity contribution in [3.63, 3.8) is 0 Å². The van der Waals surface area contributed by atoms with Crippen LogP contribution in [-0.2, 0) is 4.74 Å². The summed E-state index contributed by atoms with van der Waals surface area (Å²) in [7, 11) is 1.68. The number of methoxy groups -OCH3 is 1. The van der Waals surface area contributed by atoms with Crippen LogP contribution in [0, 0.1) is 6.92 Å². The van der Waals surface area contributed by atoms with Gasteiger partial charge in [-0.2, -0.15) is 0 Å². The van der Waals surface area contributed by atoms with Gasteiger partial charge in [0.2, 0.25) is 0 Å². The molecule has 0 saturated heterocycles. The number of benzene rings is 1. The summed E-state index contributed by atoms with van der Waals surface area (Å²) in [4.78, 5) is 0. The van der Waals surface area contributed by atoms with E-state index in [4.69, 9.17) is 4.74 Å². The van der Waals surface area contributed by atoms with Gasteiger partial charge < -0.3 is 4.74 Å². The van der Waals surface area contributed by atoms with E-state index in [-0.39, 0.29) is 0 Å². The molecule has 0 spiro atoms. The number of hydrogen-bond acceptors (Lipinski definition) is 1.